The van der Waals surface area contributed by atoms with Crippen molar-refractivity contribution in [3.8, 4) is 5.75 Å². The average molecular weight is 399 g/mol. The van der Waals surface area contributed by atoms with Crippen LogP contribution in [0.1, 0.15) is 36.0 Å². The molecule has 3 amide bonds. The van der Waals surface area contributed by atoms with E-state index in [0.29, 0.717) is 43.8 Å². The topological polar surface area (TPSA) is 87.7 Å². The highest BCUT2D eigenvalue weighted by Gasteiger charge is 2.38. The van der Waals surface area contributed by atoms with Crippen molar-refractivity contribution in [1.29, 1.82) is 0 Å². The minimum absolute atomic E-state index is 0.0229. The zero-order valence-electron chi connectivity index (χ0n) is 16.9. The van der Waals surface area contributed by atoms with Crippen LogP contribution < -0.4 is 15.4 Å². The highest BCUT2D eigenvalue weighted by molar-refractivity contribution is 5.97. The number of methoxy groups -OCH3 is 1. The Morgan fingerprint density at radius 2 is 1.83 bits per heavy atom. The van der Waals surface area contributed by atoms with Crippen molar-refractivity contribution in [2.24, 2.45) is 11.8 Å². The van der Waals surface area contributed by atoms with Gasteiger partial charge in [0.2, 0.25) is 11.8 Å². The second-order valence-corrected chi connectivity index (χ2v) is 7.65. The molecular formula is C22H29N3O4. The Balaban J connectivity index is 1.65. The van der Waals surface area contributed by atoms with Gasteiger partial charge in [-0.1, -0.05) is 6.08 Å². The van der Waals surface area contributed by atoms with Crippen LogP contribution in [-0.4, -0.2) is 55.4 Å². The molecule has 7 nitrogen and oxygen atoms in total. The summed E-state index contributed by atoms with van der Waals surface area (Å²) >= 11 is 0. The van der Waals surface area contributed by atoms with Gasteiger partial charge >= 0.3 is 0 Å². The van der Waals surface area contributed by atoms with Crippen LogP contribution >= 0.6 is 0 Å². The molecule has 7 heteroatoms. The SMILES string of the molecule is C=CCNC(=O)C(NC(=O)c1ccc(OC)cc1)C1CCN(C(=O)C2CC2)CC1. The van der Waals surface area contributed by atoms with Gasteiger partial charge in [0, 0.05) is 31.1 Å². The molecular weight excluding hydrogens is 370 g/mol. The van der Waals surface area contributed by atoms with Crippen molar-refractivity contribution in [1.82, 2.24) is 15.5 Å². The molecule has 2 aliphatic rings. The summed E-state index contributed by atoms with van der Waals surface area (Å²) in [6.07, 6.45) is 4.96. The second kappa shape index (κ2) is 9.58. The number of benzene rings is 1. The van der Waals surface area contributed by atoms with Gasteiger partial charge in [0.05, 0.1) is 7.11 Å². The van der Waals surface area contributed by atoms with Crippen molar-refractivity contribution in [3.05, 3.63) is 42.5 Å². The van der Waals surface area contributed by atoms with Crippen molar-refractivity contribution in [2.45, 2.75) is 31.7 Å². The summed E-state index contributed by atoms with van der Waals surface area (Å²) in [5.41, 5.74) is 0.466. The summed E-state index contributed by atoms with van der Waals surface area (Å²) in [6.45, 7) is 5.22. The minimum Gasteiger partial charge on any atom is -0.497 e. The Labute approximate surface area is 171 Å². The van der Waals surface area contributed by atoms with Crippen LogP contribution in [0.3, 0.4) is 0 Å². The van der Waals surface area contributed by atoms with E-state index in [0.717, 1.165) is 12.8 Å². The third kappa shape index (κ3) is 5.37. The van der Waals surface area contributed by atoms with Gasteiger partial charge in [0.1, 0.15) is 11.8 Å². The molecule has 1 aromatic carbocycles. The number of hydrogen-bond donors (Lipinski definition) is 2. The van der Waals surface area contributed by atoms with Gasteiger partial charge in [0.15, 0.2) is 0 Å². The molecule has 2 fully saturated rings. The summed E-state index contributed by atoms with van der Waals surface area (Å²) in [4.78, 5) is 39.6. The Kier molecular flexibility index (Phi) is 6.90. The zero-order chi connectivity index (χ0) is 20.8. The van der Waals surface area contributed by atoms with E-state index in [1.54, 1.807) is 37.5 Å². The number of nitrogens with zero attached hydrogens (tertiary/aromatic N) is 1. The molecule has 0 bridgehead atoms. The van der Waals surface area contributed by atoms with Crippen molar-refractivity contribution >= 4 is 17.7 Å². The van der Waals surface area contributed by atoms with E-state index in [1.165, 1.54) is 0 Å². The third-order valence-corrected chi connectivity index (χ3v) is 5.59. The van der Waals surface area contributed by atoms with E-state index in [2.05, 4.69) is 17.2 Å². The lowest BCUT2D eigenvalue weighted by Gasteiger charge is -2.36. The maximum absolute atomic E-state index is 12.7. The smallest absolute Gasteiger partial charge is 0.251 e. The number of nitrogens with one attached hydrogen (secondary N) is 2. The van der Waals surface area contributed by atoms with Gasteiger partial charge < -0.3 is 20.3 Å². The molecule has 1 heterocycles. The number of carbonyl (C=O) groups is 3. The number of rotatable bonds is 8. The highest BCUT2D eigenvalue weighted by Crippen LogP contribution is 2.33. The quantitative estimate of drug-likeness (QED) is 0.652. The van der Waals surface area contributed by atoms with E-state index in [1.807, 2.05) is 4.90 Å². The van der Waals surface area contributed by atoms with Gasteiger partial charge in [-0.3, -0.25) is 14.4 Å². The van der Waals surface area contributed by atoms with Crippen LogP contribution in [-0.2, 0) is 9.59 Å². The van der Waals surface area contributed by atoms with E-state index in [9.17, 15) is 14.4 Å². The lowest BCUT2D eigenvalue weighted by Crippen LogP contribution is -2.54. The average Bonchev–Trinajstić information content (AvgIpc) is 3.61. The fourth-order valence-electron chi connectivity index (χ4n) is 3.69. The first kappa shape index (κ1) is 20.9. The van der Waals surface area contributed by atoms with Crippen molar-refractivity contribution in [2.75, 3.05) is 26.7 Å². The second-order valence-electron chi connectivity index (χ2n) is 7.65. The summed E-state index contributed by atoms with van der Waals surface area (Å²) < 4.78 is 5.12. The number of ether oxygens (including phenoxy) is 1. The van der Waals surface area contributed by atoms with E-state index < -0.39 is 6.04 Å². The molecule has 3 rings (SSSR count). The zero-order valence-corrected chi connectivity index (χ0v) is 16.9. The number of piperidine rings is 1. The molecule has 1 unspecified atom stereocenters. The maximum Gasteiger partial charge on any atom is 0.251 e. The van der Waals surface area contributed by atoms with Crippen molar-refractivity contribution in [3.63, 3.8) is 0 Å². The summed E-state index contributed by atoms with van der Waals surface area (Å²) in [7, 11) is 1.56. The molecule has 1 saturated carbocycles. The van der Waals surface area contributed by atoms with Gasteiger partial charge in [-0.25, -0.2) is 0 Å². The minimum atomic E-state index is -0.650. The molecule has 1 saturated heterocycles. The van der Waals surface area contributed by atoms with Crippen molar-refractivity contribution < 1.29 is 19.1 Å². The third-order valence-electron chi connectivity index (χ3n) is 5.59. The van der Waals surface area contributed by atoms with E-state index in [-0.39, 0.29) is 29.6 Å². The predicted molar refractivity (Wildman–Crippen MR) is 109 cm³/mol. The first-order valence-electron chi connectivity index (χ1n) is 10.2. The van der Waals surface area contributed by atoms with Crippen LogP contribution in [0.25, 0.3) is 0 Å². The largest absolute Gasteiger partial charge is 0.497 e. The fraction of sp³-hybridized carbons (Fsp3) is 0.500. The lowest BCUT2D eigenvalue weighted by atomic mass is 9.88. The van der Waals surface area contributed by atoms with Crippen LogP contribution in [0.5, 0.6) is 5.75 Å². The van der Waals surface area contributed by atoms with Gasteiger partial charge in [0.25, 0.3) is 5.91 Å². The lowest BCUT2D eigenvalue weighted by molar-refractivity contribution is -0.134. The van der Waals surface area contributed by atoms with Crippen LogP contribution in [0, 0.1) is 11.8 Å². The number of hydrogen-bond acceptors (Lipinski definition) is 4. The van der Waals surface area contributed by atoms with Gasteiger partial charge in [-0.05, 0) is 55.9 Å². The standard InChI is InChI=1S/C22H29N3O4/c1-3-12-23-21(27)19(24-20(26)16-6-8-18(29-2)9-7-16)15-10-13-25(14-11-15)22(28)17-4-5-17/h3,6-9,15,17,19H,1,4-5,10-14H2,2H3,(H,23,27)(H,24,26). The Morgan fingerprint density at radius 1 is 1.17 bits per heavy atom. The Hall–Kier alpha value is -2.83. The first-order chi connectivity index (χ1) is 14.0. The molecule has 1 aromatic rings. The summed E-state index contributed by atoms with van der Waals surface area (Å²) in [5, 5.41) is 5.69. The molecule has 1 atom stereocenters. The fourth-order valence-corrected chi connectivity index (χ4v) is 3.69. The van der Waals surface area contributed by atoms with E-state index >= 15 is 0 Å². The monoisotopic (exact) mass is 399 g/mol. The van der Waals surface area contributed by atoms with E-state index in [4.69, 9.17) is 4.74 Å². The maximum atomic E-state index is 12.7. The molecule has 0 aromatic heterocycles. The summed E-state index contributed by atoms with van der Waals surface area (Å²) in [5.74, 6) is 0.549. The van der Waals surface area contributed by atoms with Crippen LogP contribution in [0.4, 0.5) is 0 Å². The molecule has 2 N–H and O–H groups in total. The normalized spacial score (nSPS) is 17.9. The van der Waals surface area contributed by atoms with Crippen LogP contribution in [0.15, 0.2) is 36.9 Å². The Bertz CT molecular complexity index is 750. The first-order valence-corrected chi connectivity index (χ1v) is 10.2. The number of carbonyl (C=O) groups excluding carboxylic acids is 3. The molecule has 0 spiro atoms. The predicted octanol–water partition coefficient (Wildman–Crippen LogP) is 1.74. The van der Waals surface area contributed by atoms with Gasteiger partial charge in [-0.15, -0.1) is 6.58 Å². The number of amides is 3. The Morgan fingerprint density at radius 3 is 2.38 bits per heavy atom. The molecule has 29 heavy (non-hydrogen) atoms. The molecule has 1 aliphatic carbocycles. The summed E-state index contributed by atoms with van der Waals surface area (Å²) in [6, 6.07) is 6.11. The number of likely N-dealkylation sites (tertiary alicyclic amines) is 1. The molecule has 0 radical (unpaired) electrons. The van der Waals surface area contributed by atoms with Crippen LogP contribution in [0.2, 0.25) is 0 Å². The van der Waals surface area contributed by atoms with Gasteiger partial charge in [-0.2, -0.15) is 0 Å². The highest BCUT2D eigenvalue weighted by atomic mass is 16.5. The molecule has 156 valence electrons. The molecule has 1 aliphatic heterocycles.